The predicted molar refractivity (Wildman–Crippen MR) is 133 cm³/mol. The second-order valence-electron chi connectivity index (χ2n) is 8.33. The Hall–Kier alpha value is -3.36. The first-order valence-corrected chi connectivity index (χ1v) is 12.1. The third-order valence-electron chi connectivity index (χ3n) is 5.92. The van der Waals surface area contributed by atoms with E-state index < -0.39 is 10.0 Å². The van der Waals surface area contributed by atoms with Crippen LogP contribution in [-0.4, -0.2) is 45.8 Å². The third-order valence-corrected chi connectivity index (χ3v) is 7.75. The Kier molecular flexibility index (Phi) is 6.14. The molecule has 0 aliphatic carbocycles. The zero-order chi connectivity index (χ0) is 23.8. The summed E-state index contributed by atoms with van der Waals surface area (Å²) in [6.07, 6.45) is 0. The van der Waals surface area contributed by atoms with Gasteiger partial charge in [-0.25, -0.2) is 12.7 Å². The summed E-state index contributed by atoms with van der Waals surface area (Å²) in [4.78, 5) is 16.9. The molecule has 33 heavy (non-hydrogen) atoms. The minimum atomic E-state index is -3.47. The van der Waals surface area contributed by atoms with Crippen molar-refractivity contribution in [1.29, 1.82) is 0 Å². The number of amides is 1. The normalized spacial score (nSPS) is 16.2. The largest absolute Gasteiger partial charge is 0.355 e. The minimum Gasteiger partial charge on any atom is -0.355 e. The fourth-order valence-corrected chi connectivity index (χ4v) is 4.85. The van der Waals surface area contributed by atoms with E-state index in [9.17, 15) is 13.2 Å². The fourth-order valence-electron chi connectivity index (χ4n) is 3.95. The monoisotopic (exact) mass is 464 g/mol. The molecule has 1 aliphatic heterocycles. The number of sulfonamides is 1. The van der Waals surface area contributed by atoms with Crippen molar-refractivity contribution in [1.82, 2.24) is 4.31 Å². The molecule has 1 atom stereocenters. The van der Waals surface area contributed by atoms with Gasteiger partial charge in [0, 0.05) is 39.1 Å². The zero-order valence-corrected chi connectivity index (χ0v) is 20.0. The van der Waals surface area contributed by atoms with Crippen LogP contribution >= 0.6 is 0 Å². The van der Waals surface area contributed by atoms with Gasteiger partial charge < -0.3 is 15.1 Å². The summed E-state index contributed by atoms with van der Waals surface area (Å²) < 4.78 is 25.8. The Balaban J connectivity index is 1.64. The van der Waals surface area contributed by atoms with Gasteiger partial charge in [0.05, 0.1) is 16.3 Å². The van der Waals surface area contributed by atoms with Crippen molar-refractivity contribution in [2.75, 3.05) is 36.3 Å². The van der Waals surface area contributed by atoms with Gasteiger partial charge in [0.1, 0.15) is 6.04 Å². The van der Waals surface area contributed by atoms with E-state index in [0.29, 0.717) is 6.54 Å². The highest BCUT2D eigenvalue weighted by Crippen LogP contribution is 2.39. The number of hydrogen-bond donors (Lipinski definition) is 1. The summed E-state index contributed by atoms with van der Waals surface area (Å²) in [6, 6.07) is 22.3. The minimum absolute atomic E-state index is 0.0526. The maximum absolute atomic E-state index is 12.8. The van der Waals surface area contributed by atoms with Gasteiger partial charge in [0.15, 0.2) is 0 Å². The first-order chi connectivity index (χ1) is 15.7. The molecule has 4 rings (SSSR count). The Morgan fingerprint density at radius 2 is 1.55 bits per heavy atom. The highest BCUT2D eigenvalue weighted by atomic mass is 32.2. The van der Waals surface area contributed by atoms with Crippen LogP contribution in [0.15, 0.2) is 77.7 Å². The molecule has 0 saturated carbocycles. The van der Waals surface area contributed by atoms with Crippen molar-refractivity contribution < 1.29 is 13.2 Å². The van der Waals surface area contributed by atoms with Gasteiger partial charge in [-0.2, -0.15) is 0 Å². The standard InChI is InChI=1S/C25H28N4O3S/c1-18-25(30)28(4)23-15-12-21(16-24(23)29(18)17-19-8-6-5-7-9-19)26-20-10-13-22(14-11-20)33(31,32)27(2)3/h5-16,18,26H,17H2,1-4H3/t18-/m1/s1. The van der Waals surface area contributed by atoms with Crippen molar-refractivity contribution in [3.8, 4) is 0 Å². The van der Waals surface area contributed by atoms with E-state index in [1.165, 1.54) is 18.4 Å². The van der Waals surface area contributed by atoms with E-state index in [0.717, 1.165) is 28.3 Å². The molecule has 1 N–H and O–H groups in total. The lowest BCUT2D eigenvalue weighted by atomic mass is 10.0. The van der Waals surface area contributed by atoms with E-state index >= 15 is 0 Å². The number of nitrogens with one attached hydrogen (secondary N) is 1. The van der Waals surface area contributed by atoms with Crippen molar-refractivity contribution in [2.24, 2.45) is 0 Å². The second kappa shape index (κ2) is 8.88. The van der Waals surface area contributed by atoms with Crippen LogP contribution in [0.3, 0.4) is 0 Å². The highest BCUT2D eigenvalue weighted by molar-refractivity contribution is 7.89. The summed E-state index contributed by atoms with van der Waals surface area (Å²) >= 11 is 0. The van der Waals surface area contributed by atoms with Crippen LogP contribution in [0.4, 0.5) is 22.7 Å². The number of benzene rings is 3. The smallest absolute Gasteiger partial charge is 0.249 e. The maximum Gasteiger partial charge on any atom is 0.249 e. The average molecular weight is 465 g/mol. The SMILES string of the molecule is C[C@@H]1C(=O)N(C)c2ccc(Nc3ccc(S(=O)(=O)N(C)C)cc3)cc2N1Cc1ccccc1. The molecule has 0 unspecified atom stereocenters. The van der Waals surface area contributed by atoms with E-state index in [1.54, 1.807) is 36.2 Å². The molecule has 0 fully saturated rings. The van der Waals surface area contributed by atoms with Crippen LogP contribution in [0.2, 0.25) is 0 Å². The Morgan fingerprint density at radius 1 is 0.909 bits per heavy atom. The molecule has 3 aromatic carbocycles. The molecule has 7 nitrogen and oxygen atoms in total. The van der Waals surface area contributed by atoms with Gasteiger partial charge in [-0.1, -0.05) is 30.3 Å². The molecule has 0 aromatic heterocycles. The van der Waals surface area contributed by atoms with E-state index in [-0.39, 0.29) is 16.8 Å². The lowest BCUT2D eigenvalue weighted by molar-refractivity contribution is -0.119. The van der Waals surface area contributed by atoms with E-state index in [4.69, 9.17) is 0 Å². The van der Waals surface area contributed by atoms with E-state index in [2.05, 4.69) is 22.3 Å². The number of carbonyl (C=O) groups is 1. The number of fused-ring (bicyclic) bond motifs is 1. The van der Waals surface area contributed by atoms with Gasteiger partial charge in [0.25, 0.3) is 0 Å². The predicted octanol–water partition coefficient (Wildman–Crippen LogP) is 4.05. The Morgan fingerprint density at radius 3 is 2.18 bits per heavy atom. The number of nitrogens with zero attached hydrogens (tertiary/aromatic N) is 3. The molecule has 1 amide bonds. The fraction of sp³-hybridized carbons (Fsp3) is 0.240. The summed E-state index contributed by atoms with van der Waals surface area (Å²) in [6.45, 7) is 2.55. The van der Waals surface area contributed by atoms with Crippen molar-refractivity contribution in [3.63, 3.8) is 0 Å². The second-order valence-corrected chi connectivity index (χ2v) is 10.5. The molecular weight excluding hydrogens is 436 g/mol. The number of hydrogen-bond acceptors (Lipinski definition) is 5. The first-order valence-electron chi connectivity index (χ1n) is 10.7. The number of rotatable bonds is 6. The summed E-state index contributed by atoms with van der Waals surface area (Å²) in [5.74, 6) is 0.0526. The maximum atomic E-state index is 12.8. The van der Waals surface area contributed by atoms with Gasteiger partial charge in [0.2, 0.25) is 15.9 Å². The van der Waals surface area contributed by atoms with Crippen molar-refractivity contribution in [2.45, 2.75) is 24.4 Å². The molecule has 0 radical (unpaired) electrons. The van der Waals surface area contributed by atoms with Gasteiger partial charge in [-0.05, 0) is 55.0 Å². The molecule has 3 aromatic rings. The first kappa shape index (κ1) is 22.8. The molecule has 1 heterocycles. The molecule has 0 saturated heterocycles. The lowest BCUT2D eigenvalue weighted by Crippen LogP contribution is -2.50. The van der Waals surface area contributed by atoms with Gasteiger partial charge in [-0.15, -0.1) is 0 Å². The van der Waals surface area contributed by atoms with Crippen molar-refractivity contribution in [3.05, 3.63) is 78.4 Å². The topological polar surface area (TPSA) is 73.0 Å². The van der Waals surface area contributed by atoms with Gasteiger partial charge in [-0.3, -0.25) is 4.79 Å². The molecular formula is C25H28N4O3S. The average Bonchev–Trinajstić information content (AvgIpc) is 2.81. The van der Waals surface area contributed by atoms with Crippen LogP contribution in [0.25, 0.3) is 0 Å². The molecule has 8 heteroatoms. The van der Waals surface area contributed by atoms with Gasteiger partial charge >= 0.3 is 0 Å². The molecule has 0 bridgehead atoms. The number of anilines is 4. The highest BCUT2D eigenvalue weighted by Gasteiger charge is 2.33. The van der Waals surface area contributed by atoms with E-state index in [1.807, 2.05) is 43.3 Å². The molecule has 172 valence electrons. The van der Waals surface area contributed by atoms with Crippen LogP contribution in [0, 0.1) is 0 Å². The summed E-state index contributed by atoms with van der Waals surface area (Å²) in [5.41, 5.74) is 4.57. The van der Waals surface area contributed by atoms with Crippen LogP contribution in [-0.2, 0) is 21.4 Å². The summed E-state index contributed by atoms with van der Waals surface area (Å²) in [5, 5.41) is 3.35. The van der Waals surface area contributed by atoms with Crippen LogP contribution in [0.1, 0.15) is 12.5 Å². The van der Waals surface area contributed by atoms with Crippen LogP contribution < -0.4 is 15.1 Å². The molecule has 0 spiro atoms. The lowest BCUT2D eigenvalue weighted by Gasteiger charge is -2.40. The zero-order valence-electron chi connectivity index (χ0n) is 19.2. The quantitative estimate of drug-likeness (QED) is 0.596. The van der Waals surface area contributed by atoms with Crippen molar-refractivity contribution >= 4 is 38.7 Å². The summed E-state index contributed by atoms with van der Waals surface area (Å²) in [7, 11) is 1.35. The number of likely N-dealkylation sites (N-methyl/N-ethyl adjacent to an activating group) is 1. The Bertz CT molecular complexity index is 1260. The third kappa shape index (κ3) is 4.44. The number of carbonyl (C=O) groups excluding carboxylic acids is 1. The van der Waals surface area contributed by atoms with Crippen LogP contribution in [0.5, 0.6) is 0 Å². The molecule has 1 aliphatic rings. The Labute approximate surface area is 195 Å².